The third-order valence-electron chi connectivity index (χ3n) is 2.98. The quantitative estimate of drug-likeness (QED) is 0.775. The second-order valence-electron chi connectivity index (χ2n) is 4.09. The van der Waals surface area contributed by atoms with Crippen LogP contribution in [-0.4, -0.2) is 56.4 Å². The number of carbonyl (C=O) groups is 2. The Morgan fingerprint density at radius 2 is 1.82 bits per heavy atom. The van der Waals surface area contributed by atoms with Gasteiger partial charge in [0.1, 0.15) is 6.04 Å². The molecule has 1 aliphatic heterocycles. The molecule has 1 saturated heterocycles. The Kier molecular flexibility index (Phi) is 5.21. The number of hydrogen-bond donors (Lipinski definition) is 1. The minimum absolute atomic E-state index is 0.109. The highest BCUT2D eigenvalue weighted by Crippen LogP contribution is 2.11. The van der Waals surface area contributed by atoms with E-state index < -0.39 is 12.1 Å². The zero-order valence-electron chi connectivity index (χ0n) is 10.6. The minimum Gasteiger partial charge on any atom is -0.453 e. The summed E-state index contributed by atoms with van der Waals surface area (Å²) >= 11 is 0. The van der Waals surface area contributed by atoms with E-state index in [1.165, 1.54) is 14.2 Å². The first kappa shape index (κ1) is 13.8. The molecule has 0 saturated carbocycles. The predicted octanol–water partition coefficient (Wildman–Crippen LogP) is 0.368. The molecule has 0 aromatic rings. The molecular formula is C11H20N2O4. The number of alkyl carbamates (subject to hydrolysis) is 1. The van der Waals surface area contributed by atoms with Crippen molar-refractivity contribution in [3.05, 3.63) is 0 Å². The Balaban J connectivity index is 2.67. The molecule has 1 rings (SSSR count). The van der Waals surface area contributed by atoms with Gasteiger partial charge in [-0.3, -0.25) is 4.79 Å². The first-order valence-electron chi connectivity index (χ1n) is 5.76. The molecule has 2 amide bonds. The van der Waals surface area contributed by atoms with E-state index >= 15 is 0 Å². The second kappa shape index (κ2) is 6.44. The van der Waals surface area contributed by atoms with Crippen LogP contribution in [0.25, 0.3) is 0 Å². The van der Waals surface area contributed by atoms with Crippen LogP contribution in [0.2, 0.25) is 0 Å². The molecular weight excluding hydrogens is 224 g/mol. The Morgan fingerprint density at radius 3 is 2.29 bits per heavy atom. The van der Waals surface area contributed by atoms with Crippen molar-refractivity contribution >= 4 is 12.0 Å². The number of ether oxygens (including phenoxy) is 2. The molecule has 0 spiro atoms. The van der Waals surface area contributed by atoms with Gasteiger partial charge in [-0.15, -0.1) is 0 Å². The molecule has 0 unspecified atom stereocenters. The summed E-state index contributed by atoms with van der Waals surface area (Å²) in [6, 6.07) is -0.689. The highest BCUT2D eigenvalue weighted by molar-refractivity contribution is 5.86. The molecule has 0 aromatic heterocycles. The van der Waals surface area contributed by atoms with Crippen LogP contribution in [0.4, 0.5) is 4.79 Å². The second-order valence-corrected chi connectivity index (χ2v) is 4.09. The van der Waals surface area contributed by atoms with Crippen molar-refractivity contribution in [3.63, 3.8) is 0 Å². The maximum absolute atomic E-state index is 12.2. The zero-order valence-corrected chi connectivity index (χ0v) is 10.6. The first-order valence-corrected chi connectivity index (χ1v) is 5.76. The summed E-state index contributed by atoms with van der Waals surface area (Å²) in [5, 5.41) is 2.52. The standard InChI is InChI=1S/C11H20N2O4/c1-8(16-2)9(12-11(15)17-3)10(14)13-6-4-5-7-13/h8-9H,4-7H2,1-3H3,(H,12,15)/t8-,9+/m1/s1. The summed E-state index contributed by atoms with van der Waals surface area (Å²) in [4.78, 5) is 25.1. The van der Waals surface area contributed by atoms with Gasteiger partial charge in [-0.25, -0.2) is 4.79 Å². The van der Waals surface area contributed by atoms with Crippen LogP contribution in [0.1, 0.15) is 19.8 Å². The molecule has 98 valence electrons. The smallest absolute Gasteiger partial charge is 0.407 e. The van der Waals surface area contributed by atoms with Gasteiger partial charge in [0.2, 0.25) is 5.91 Å². The Morgan fingerprint density at radius 1 is 1.24 bits per heavy atom. The number of rotatable bonds is 4. The predicted molar refractivity (Wildman–Crippen MR) is 61.6 cm³/mol. The van der Waals surface area contributed by atoms with Crippen LogP contribution >= 0.6 is 0 Å². The van der Waals surface area contributed by atoms with Gasteiger partial charge in [0.05, 0.1) is 13.2 Å². The van der Waals surface area contributed by atoms with E-state index in [1.54, 1.807) is 11.8 Å². The summed E-state index contributed by atoms with van der Waals surface area (Å²) < 4.78 is 9.63. The molecule has 0 aromatic carbocycles. The summed E-state index contributed by atoms with van der Waals surface area (Å²) in [5.41, 5.74) is 0. The van der Waals surface area contributed by atoms with E-state index in [2.05, 4.69) is 10.1 Å². The molecule has 6 heteroatoms. The van der Waals surface area contributed by atoms with Crippen LogP contribution in [0, 0.1) is 0 Å². The van der Waals surface area contributed by atoms with Crippen molar-refractivity contribution in [2.75, 3.05) is 27.3 Å². The number of amides is 2. The van der Waals surface area contributed by atoms with Gasteiger partial charge in [-0.05, 0) is 19.8 Å². The molecule has 0 radical (unpaired) electrons. The summed E-state index contributed by atoms with van der Waals surface area (Å²) in [6.45, 7) is 3.23. The number of hydrogen-bond acceptors (Lipinski definition) is 4. The lowest BCUT2D eigenvalue weighted by molar-refractivity contribution is -0.135. The molecule has 2 atom stereocenters. The molecule has 0 aliphatic carbocycles. The van der Waals surface area contributed by atoms with Gasteiger partial charge in [-0.1, -0.05) is 0 Å². The van der Waals surface area contributed by atoms with E-state index in [0.29, 0.717) is 0 Å². The number of carbonyl (C=O) groups excluding carboxylic acids is 2. The van der Waals surface area contributed by atoms with Crippen molar-refractivity contribution in [2.45, 2.75) is 31.9 Å². The lowest BCUT2D eigenvalue weighted by atomic mass is 10.1. The fourth-order valence-corrected chi connectivity index (χ4v) is 1.84. The number of likely N-dealkylation sites (tertiary alicyclic amines) is 1. The van der Waals surface area contributed by atoms with E-state index in [4.69, 9.17) is 4.74 Å². The van der Waals surface area contributed by atoms with E-state index in [0.717, 1.165) is 25.9 Å². The molecule has 1 aliphatic rings. The molecule has 17 heavy (non-hydrogen) atoms. The van der Waals surface area contributed by atoms with E-state index in [-0.39, 0.29) is 12.0 Å². The fraction of sp³-hybridized carbons (Fsp3) is 0.818. The third kappa shape index (κ3) is 3.59. The lowest BCUT2D eigenvalue weighted by Gasteiger charge is -2.27. The van der Waals surface area contributed by atoms with Crippen molar-refractivity contribution in [3.8, 4) is 0 Å². The summed E-state index contributed by atoms with van der Waals surface area (Å²) in [5.74, 6) is -0.109. The van der Waals surface area contributed by atoms with Crippen LogP contribution in [0.5, 0.6) is 0 Å². The van der Waals surface area contributed by atoms with Crippen molar-refractivity contribution in [1.29, 1.82) is 0 Å². The topological polar surface area (TPSA) is 67.9 Å². The molecule has 6 nitrogen and oxygen atoms in total. The maximum atomic E-state index is 12.2. The van der Waals surface area contributed by atoms with Crippen LogP contribution in [0.3, 0.4) is 0 Å². The largest absolute Gasteiger partial charge is 0.453 e. The SMILES string of the molecule is COC(=O)N[C@H](C(=O)N1CCCC1)[C@@H](C)OC. The highest BCUT2D eigenvalue weighted by Gasteiger charge is 2.32. The number of nitrogens with zero attached hydrogens (tertiary/aromatic N) is 1. The number of nitrogens with one attached hydrogen (secondary N) is 1. The van der Waals surface area contributed by atoms with Crippen LogP contribution in [-0.2, 0) is 14.3 Å². The lowest BCUT2D eigenvalue weighted by Crippen LogP contribution is -2.53. The maximum Gasteiger partial charge on any atom is 0.407 e. The Hall–Kier alpha value is -1.30. The highest BCUT2D eigenvalue weighted by atomic mass is 16.5. The van der Waals surface area contributed by atoms with Gasteiger partial charge in [0.15, 0.2) is 0 Å². The monoisotopic (exact) mass is 244 g/mol. The average molecular weight is 244 g/mol. The van der Waals surface area contributed by atoms with Crippen molar-refractivity contribution in [1.82, 2.24) is 10.2 Å². The fourth-order valence-electron chi connectivity index (χ4n) is 1.84. The van der Waals surface area contributed by atoms with Crippen molar-refractivity contribution < 1.29 is 19.1 Å². The summed E-state index contributed by atoms with van der Waals surface area (Å²) in [7, 11) is 2.78. The van der Waals surface area contributed by atoms with Crippen LogP contribution in [0.15, 0.2) is 0 Å². The third-order valence-corrected chi connectivity index (χ3v) is 2.98. The van der Waals surface area contributed by atoms with E-state index in [1.807, 2.05) is 0 Å². The Labute approximate surface area is 101 Å². The average Bonchev–Trinajstić information content (AvgIpc) is 2.87. The molecule has 1 fully saturated rings. The molecule has 1 N–H and O–H groups in total. The van der Waals surface area contributed by atoms with Gasteiger partial charge in [-0.2, -0.15) is 0 Å². The molecule has 0 bridgehead atoms. The first-order chi connectivity index (χ1) is 8.10. The normalized spacial score (nSPS) is 18.6. The zero-order chi connectivity index (χ0) is 12.8. The van der Waals surface area contributed by atoms with Gasteiger partial charge >= 0.3 is 6.09 Å². The van der Waals surface area contributed by atoms with Crippen LogP contribution < -0.4 is 5.32 Å². The van der Waals surface area contributed by atoms with Crippen molar-refractivity contribution in [2.24, 2.45) is 0 Å². The van der Waals surface area contributed by atoms with Gasteiger partial charge < -0.3 is 19.7 Å². The minimum atomic E-state index is -0.689. The number of methoxy groups -OCH3 is 2. The molecule has 1 heterocycles. The van der Waals surface area contributed by atoms with Gasteiger partial charge in [0.25, 0.3) is 0 Å². The Bertz CT molecular complexity index is 277. The van der Waals surface area contributed by atoms with E-state index in [9.17, 15) is 9.59 Å². The summed E-state index contributed by atoms with van der Waals surface area (Å²) in [6.07, 6.45) is 1.02. The van der Waals surface area contributed by atoms with Gasteiger partial charge in [0, 0.05) is 20.2 Å².